The van der Waals surface area contributed by atoms with Gasteiger partial charge in [0.05, 0.1) is 11.1 Å². The zero-order valence-corrected chi connectivity index (χ0v) is 11.4. The molecule has 0 bridgehead atoms. The van der Waals surface area contributed by atoms with E-state index in [0.717, 1.165) is 16.6 Å². The summed E-state index contributed by atoms with van der Waals surface area (Å²) in [6.07, 6.45) is 0. The Balaban J connectivity index is 2.23. The van der Waals surface area contributed by atoms with Crippen molar-refractivity contribution in [1.29, 1.82) is 0 Å². The van der Waals surface area contributed by atoms with Gasteiger partial charge in [0.1, 0.15) is 13.7 Å². The topological polar surface area (TPSA) is 76.7 Å². The molecule has 0 saturated heterocycles. The Kier molecular flexibility index (Phi) is 2.98. The summed E-state index contributed by atoms with van der Waals surface area (Å²) < 4.78 is 0. The maximum absolute atomic E-state index is 5.72. The quantitative estimate of drug-likeness (QED) is 0.661. The summed E-state index contributed by atoms with van der Waals surface area (Å²) in [4.78, 5) is 13.0. The van der Waals surface area contributed by atoms with Gasteiger partial charge in [-0.15, -0.1) is 0 Å². The van der Waals surface area contributed by atoms with Crippen LogP contribution in [-0.4, -0.2) is 29.8 Å². The van der Waals surface area contributed by atoms with Crippen molar-refractivity contribution >= 4 is 36.1 Å². The Labute approximate surface area is 117 Å². The van der Waals surface area contributed by atoms with E-state index in [-0.39, 0.29) is 5.95 Å². The van der Waals surface area contributed by atoms with Gasteiger partial charge in [-0.2, -0.15) is 9.97 Å². The lowest BCUT2D eigenvalue weighted by Gasteiger charge is -2.08. The first-order chi connectivity index (χ1) is 9.69. The van der Waals surface area contributed by atoms with E-state index < -0.39 is 0 Å². The van der Waals surface area contributed by atoms with Crippen LogP contribution in [0.4, 0.5) is 11.8 Å². The second kappa shape index (κ2) is 4.81. The van der Waals surface area contributed by atoms with Gasteiger partial charge in [-0.1, -0.05) is 29.7 Å². The van der Waals surface area contributed by atoms with E-state index in [2.05, 4.69) is 34.2 Å². The van der Waals surface area contributed by atoms with Crippen LogP contribution in [0, 0.1) is 0 Å². The number of hydrogen-bond acceptors (Lipinski definition) is 5. The van der Waals surface area contributed by atoms with E-state index >= 15 is 0 Å². The molecule has 0 fully saturated rings. The zero-order valence-electron chi connectivity index (χ0n) is 11.4. The molecule has 98 valence electrons. The third-order valence-electron chi connectivity index (χ3n) is 3.23. The predicted molar refractivity (Wildman–Crippen MR) is 84.9 cm³/mol. The third kappa shape index (κ3) is 2.05. The van der Waals surface area contributed by atoms with E-state index in [0.29, 0.717) is 11.5 Å². The maximum atomic E-state index is 5.72. The zero-order chi connectivity index (χ0) is 14.1. The minimum Gasteiger partial charge on any atom is -0.372 e. The van der Waals surface area contributed by atoms with Crippen molar-refractivity contribution in [2.24, 2.45) is 0 Å². The highest BCUT2D eigenvalue weighted by atomic mass is 15.1. The molecule has 0 saturated carbocycles. The number of benzene rings is 1. The lowest BCUT2D eigenvalue weighted by atomic mass is 9.89. The van der Waals surface area contributed by atoms with Gasteiger partial charge in [0.25, 0.3) is 0 Å². The van der Waals surface area contributed by atoms with E-state index in [9.17, 15) is 0 Å². The highest BCUT2D eigenvalue weighted by Gasteiger charge is 2.09. The molecule has 0 spiro atoms. The van der Waals surface area contributed by atoms with Gasteiger partial charge in [0.15, 0.2) is 5.65 Å². The summed E-state index contributed by atoms with van der Waals surface area (Å²) in [6, 6.07) is 12.1. The lowest BCUT2D eigenvalue weighted by Crippen LogP contribution is -2.07. The number of nitrogens with one attached hydrogen (secondary N) is 1. The Morgan fingerprint density at radius 3 is 2.60 bits per heavy atom. The number of nitrogens with two attached hydrogens (primary N) is 1. The monoisotopic (exact) mass is 263 g/mol. The van der Waals surface area contributed by atoms with E-state index in [1.165, 1.54) is 5.46 Å². The number of rotatable bonds is 2. The summed E-state index contributed by atoms with van der Waals surface area (Å²) >= 11 is 0. The molecule has 20 heavy (non-hydrogen) atoms. The average molecular weight is 263 g/mol. The van der Waals surface area contributed by atoms with E-state index in [4.69, 9.17) is 5.73 Å². The number of nitrogens with zero attached hydrogens (tertiary/aromatic N) is 3. The van der Waals surface area contributed by atoms with Gasteiger partial charge >= 0.3 is 0 Å². The first-order valence-electron chi connectivity index (χ1n) is 6.37. The van der Waals surface area contributed by atoms with E-state index in [1.807, 2.05) is 30.3 Å². The van der Waals surface area contributed by atoms with Crippen molar-refractivity contribution in [1.82, 2.24) is 15.0 Å². The fourth-order valence-electron chi connectivity index (χ4n) is 2.23. The molecular weight excluding hydrogens is 249 g/mol. The second-order valence-corrected chi connectivity index (χ2v) is 4.56. The molecule has 0 aliphatic rings. The standard InChI is InChI=1S/C14H14BN5/c1-17-12-9-6-7-11(8-4-2-3-5-10(8)15)18-13(9)20-14(16)19-12/h2-7H,15H2,1H3,(H3,16,17,18,19,20). The minimum atomic E-state index is 0.219. The lowest BCUT2D eigenvalue weighted by molar-refractivity contribution is 1.19. The van der Waals surface area contributed by atoms with Crippen LogP contribution in [0.1, 0.15) is 0 Å². The number of fused-ring (bicyclic) bond motifs is 1. The van der Waals surface area contributed by atoms with Crippen LogP contribution >= 0.6 is 0 Å². The van der Waals surface area contributed by atoms with Crippen LogP contribution in [0.5, 0.6) is 0 Å². The van der Waals surface area contributed by atoms with Gasteiger partial charge in [-0.25, -0.2) is 4.98 Å². The third-order valence-corrected chi connectivity index (χ3v) is 3.23. The minimum absolute atomic E-state index is 0.219. The van der Waals surface area contributed by atoms with Crippen LogP contribution < -0.4 is 16.5 Å². The SMILES string of the molecule is Bc1ccccc1-c1ccc2c(NC)nc(N)nc2n1. The van der Waals surface area contributed by atoms with Crippen LogP contribution in [0.15, 0.2) is 36.4 Å². The molecule has 5 nitrogen and oxygen atoms in total. The first kappa shape index (κ1) is 12.4. The largest absolute Gasteiger partial charge is 0.372 e. The van der Waals surface area contributed by atoms with Crippen LogP contribution in [-0.2, 0) is 0 Å². The van der Waals surface area contributed by atoms with Crippen molar-refractivity contribution in [3.8, 4) is 11.3 Å². The molecule has 2 aromatic heterocycles. The number of hydrogen-bond donors (Lipinski definition) is 2. The van der Waals surface area contributed by atoms with Crippen molar-refractivity contribution in [3.05, 3.63) is 36.4 Å². The number of anilines is 2. The molecule has 0 unspecified atom stereocenters. The van der Waals surface area contributed by atoms with Crippen molar-refractivity contribution in [2.45, 2.75) is 0 Å². The van der Waals surface area contributed by atoms with Gasteiger partial charge in [-0.05, 0) is 17.7 Å². The van der Waals surface area contributed by atoms with Crippen molar-refractivity contribution in [3.63, 3.8) is 0 Å². The Morgan fingerprint density at radius 2 is 1.85 bits per heavy atom. The molecule has 0 aliphatic heterocycles. The summed E-state index contributed by atoms with van der Waals surface area (Å²) in [6.45, 7) is 0. The Morgan fingerprint density at radius 1 is 1.05 bits per heavy atom. The van der Waals surface area contributed by atoms with Crippen molar-refractivity contribution < 1.29 is 0 Å². The average Bonchev–Trinajstić information content (AvgIpc) is 2.46. The fraction of sp³-hybridized carbons (Fsp3) is 0.0714. The summed E-state index contributed by atoms with van der Waals surface area (Å²) in [7, 11) is 3.87. The summed E-state index contributed by atoms with van der Waals surface area (Å²) in [5.41, 5.74) is 9.47. The fourth-order valence-corrected chi connectivity index (χ4v) is 2.23. The van der Waals surface area contributed by atoms with Gasteiger partial charge in [-0.3, -0.25) is 0 Å². The van der Waals surface area contributed by atoms with E-state index in [1.54, 1.807) is 7.05 Å². The molecule has 0 amide bonds. The molecule has 3 rings (SSSR count). The van der Waals surface area contributed by atoms with Gasteiger partial charge in [0.2, 0.25) is 5.95 Å². The Bertz CT molecular complexity index is 788. The molecular formula is C14H14BN5. The number of nitrogen functional groups attached to an aromatic ring is 1. The molecule has 0 atom stereocenters. The smallest absolute Gasteiger partial charge is 0.224 e. The maximum Gasteiger partial charge on any atom is 0.224 e. The van der Waals surface area contributed by atoms with Gasteiger partial charge in [0, 0.05) is 7.05 Å². The van der Waals surface area contributed by atoms with Crippen LogP contribution in [0.3, 0.4) is 0 Å². The molecule has 6 heteroatoms. The summed E-state index contributed by atoms with van der Waals surface area (Å²) in [5.74, 6) is 0.910. The number of pyridine rings is 1. The molecule has 1 aromatic carbocycles. The predicted octanol–water partition coefficient (Wildman–Crippen LogP) is 0.574. The molecule has 2 heterocycles. The van der Waals surface area contributed by atoms with Crippen LogP contribution in [0.25, 0.3) is 22.3 Å². The molecule has 0 aliphatic carbocycles. The van der Waals surface area contributed by atoms with Crippen LogP contribution in [0.2, 0.25) is 0 Å². The highest BCUT2D eigenvalue weighted by molar-refractivity contribution is 6.35. The first-order valence-corrected chi connectivity index (χ1v) is 6.37. The number of aromatic nitrogens is 3. The second-order valence-electron chi connectivity index (χ2n) is 4.56. The molecule has 3 N–H and O–H groups in total. The van der Waals surface area contributed by atoms with Gasteiger partial charge < -0.3 is 11.1 Å². The Hall–Kier alpha value is -2.63. The van der Waals surface area contributed by atoms with Crippen molar-refractivity contribution in [2.75, 3.05) is 18.1 Å². The highest BCUT2D eigenvalue weighted by Crippen LogP contribution is 2.23. The normalized spacial score (nSPS) is 10.7. The summed E-state index contributed by atoms with van der Waals surface area (Å²) in [5, 5.41) is 3.87. The molecule has 3 aromatic rings. The molecule has 0 radical (unpaired) electrons.